The van der Waals surface area contributed by atoms with Gasteiger partial charge in [-0.25, -0.2) is 9.56 Å². The molecule has 2 aliphatic heterocycles. The molecular weight excluding hydrogens is 674 g/mol. The summed E-state index contributed by atoms with van der Waals surface area (Å²) >= 11 is 0. The van der Waals surface area contributed by atoms with Crippen LogP contribution in [0.3, 0.4) is 0 Å². The van der Waals surface area contributed by atoms with Crippen molar-refractivity contribution in [3.05, 3.63) is 76.6 Å². The lowest BCUT2D eigenvalue weighted by molar-refractivity contribution is -0.584. The Balaban J connectivity index is 1.30. The molecular formula is C36H33F6N8O+. The smallest absolute Gasteiger partial charge is 0.370 e. The summed E-state index contributed by atoms with van der Waals surface area (Å²) in [6.07, 6.45) is -0.878. The number of rotatable bonds is 9. The first-order valence-corrected chi connectivity index (χ1v) is 16.6. The second-order valence-electron chi connectivity index (χ2n) is 13.5. The van der Waals surface area contributed by atoms with Gasteiger partial charge in [0.15, 0.2) is 25.1 Å². The molecule has 4 heterocycles. The molecule has 0 unspecified atom stereocenters. The Labute approximate surface area is 289 Å². The lowest BCUT2D eigenvalue weighted by Crippen LogP contribution is -2.44. The number of hydrogen-bond donors (Lipinski definition) is 1. The van der Waals surface area contributed by atoms with E-state index in [1.165, 1.54) is 35.2 Å². The van der Waals surface area contributed by atoms with Crippen molar-refractivity contribution < 1.29 is 35.7 Å². The standard InChI is InChI=1S/C36H33F6N8O/c1-48-21-45-47-32(48)25-7-6-24(35(37,38)39)16-26(25)23-14-30(44-11-5-4-10-43)46-31(15-23)50-18-28-27(33(50)51)12-22(13-29(28)36(40,41)42)17-49-19-34(20-49)8-2-3-9-34/h6-7,12-16,19,21H,2-5,8-9,11,17-18,20H2,1H3,(H,44,46)/q+1. The molecule has 0 saturated heterocycles. The van der Waals surface area contributed by atoms with Gasteiger partial charge in [0.25, 0.3) is 5.91 Å². The molecule has 1 saturated carbocycles. The number of nitriles is 1. The van der Waals surface area contributed by atoms with E-state index < -0.39 is 35.9 Å². The maximum absolute atomic E-state index is 14.5. The van der Waals surface area contributed by atoms with Crippen LogP contribution in [-0.4, -0.2) is 49.5 Å². The molecule has 4 aromatic rings. The summed E-state index contributed by atoms with van der Waals surface area (Å²) in [4.78, 5) is 19.7. The number of aromatic nitrogens is 4. The summed E-state index contributed by atoms with van der Waals surface area (Å²) in [5, 5.41) is 20.0. The molecule has 1 aliphatic carbocycles. The highest BCUT2D eigenvalue weighted by Gasteiger charge is 2.47. The van der Waals surface area contributed by atoms with Gasteiger partial charge in [-0.15, -0.1) is 10.2 Å². The van der Waals surface area contributed by atoms with E-state index in [1.807, 2.05) is 10.6 Å². The van der Waals surface area contributed by atoms with Gasteiger partial charge in [0.05, 0.1) is 23.7 Å². The van der Waals surface area contributed by atoms with Crippen LogP contribution in [0.1, 0.15) is 71.1 Å². The predicted octanol–water partition coefficient (Wildman–Crippen LogP) is 7.62. The van der Waals surface area contributed by atoms with Crippen LogP contribution in [0.15, 0.2) is 48.8 Å². The maximum Gasteiger partial charge on any atom is 0.416 e. The molecule has 2 aromatic carbocycles. The number of amides is 1. The molecule has 0 bridgehead atoms. The lowest BCUT2D eigenvalue weighted by Gasteiger charge is -2.29. The van der Waals surface area contributed by atoms with Crippen molar-refractivity contribution in [1.29, 1.82) is 5.26 Å². The minimum absolute atomic E-state index is 0.0493. The number of aryl methyl sites for hydroxylation is 1. The van der Waals surface area contributed by atoms with Gasteiger partial charge >= 0.3 is 12.4 Å². The second kappa shape index (κ2) is 12.8. The molecule has 1 N–H and O–H groups in total. The first-order valence-electron chi connectivity index (χ1n) is 16.6. The highest BCUT2D eigenvalue weighted by molar-refractivity contribution is 6.10. The van der Waals surface area contributed by atoms with Gasteiger partial charge in [-0.05, 0) is 78.4 Å². The number of nitrogens with zero attached hydrogens (tertiary/aromatic N) is 7. The van der Waals surface area contributed by atoms with Crippen LogP contribution in [0.2, 0.25) is 0 Å². The van der Waals surface area contributed by atoms with Crippen LogP contribution in [-0.2, 0) is 32.5 Å². The fourth-order valence-corrected chi connectivity index (χ4v) is 7.43. The number of fused-ring (bicyclic) bond motifs is 1. The zero-order chi connectivity index (χ0) is 36.1. The number of anilines is 2. The Morgan fingerprint density at radius 1 is 1.00 bits per heavy atom. The van der Waals surface area contributed by atoms with E-state index >= 15 is 0 Å². The van der Waals surface area contributed by atoms with Crippen molar-refractivity contribution in [3.8, 4) is 28.6 Å². The lowest BCUT2D eigenvalue weighted by atomic mass is 9.82. The van der Waals surface area contributed by atoms with Crippen molar-refractivity contribution in [3.63, 3.8) is 0 Å². The number of nitrogens with one attached hydrogen (secondary N) is 1. The van der Waals surface area contributed by atoms with Gasteiger partial charge in [-0.2, -0.15) is 31.6 Å². The van der Waals surface area contributed by atoms with Crippen LogP contribution in [0.4, 0.5) is 38.0 Å². The summed E-state index contributed by atoms with van der Waals surface area (Å²) in [6.45, 7) is 0.826. The molecule has 7 rings (SSSR count). The largest absolute Gasteiger partial charge is 0.416 e. The molecule has 1 amide bonds. The fraction of sp³-hybridized carbons (Fsp3) is 0.389. The Morgan fingerprint density at radius 3 is 2.43 bits per heavy atom. The predicted molar refractivity (Wildman–Crippen MR) is 176 cm³/mol. The molecule has 264 valence electrons. The summed E-state index contributed by atoms with van der Waals surface area (Å²) in [6, 6.07) is 10.7. The van der Waals surface area contributed by atoms with Crippen LogP contribution >= 0.6 is 0 Å². The molecule has 2 aromatic heterocycles. The first-order chi connectivity index (χ1) is 24.2. The fourth-order valence-electron chi connectivity index (χ4n) is 7.43. The van der Waals surface area contributed by atoms with Crippen LogP contribution < -0.4 is 10.2 Å². The monoisotopic (exact) mass is 707 g/mol. The van der Waals surface area contributed by atoms with Gasteiger partial charge < -0.3 is 9.88 Å². The number of hydrogen-bond acceptors (Lipinski definition) is 6. The minimum Gasteiger partial charge on any atom is -0.370 e. The second-order valence-corrected chi connectivity index (χ2v) is 13.5. The normalized spacial score (nSPS) is 16.6. The van der Waals surface area contributed by atoms with Gasteiger partial charge in [-0.1, -0.05) is 12.8 Å². The SMILES string of the molecule is Cn1cnnc1-c1ccc(C(F)(F)F)cc1-c1cc(NCCCC#N)nc(N2Cc3c(cc(C[N+]4=CC5(CCCC5)C4)cc3C(F)(F)F)C2=O)c1. The molecule has 0 radical (unpaired) electrons. The third-order valence-corrected chi connectivity index (χ3v) is 9.84. The van der Waals surface area contributed by atoms with E-state index in [4.69, 9.17) is 5.26 Å². The van der Waals surface area contributed by atoms with Gasteiger partial charge in [0, 0.05) is 36.7 Å². The number of benzene rings is 2. The average molecular weight is 708 g/mol. The van der Waals surface area contributed by atoms with Crippen molar-refractivity contribution in [2.45, 2.75) is 64.0 Å². The zero-order valence-electron chi connectivity index (χ0n) is 27.6. The Morgan fingerprint density at radius 2 is 1.76 bits per heavy atom. The number of alkyl halides is 6. The van der Waals surface area contributed by atoms with E-state index in [0.29, 0.717) is 17.5 Å². The Kier molecular flexibility index (Phi) is 8.59. The summed E-state index contributed by atoms with van der Waals surface area (Å²) < 4.78 is 89.2. The number of carbonyl (C=O) groups is 1. The average Bonchev–Trinajstić information content (AvgIpc) is 3.81. The van der Waals surface area contributed by atoms with E-state index in [9.17, 15) is 31.1 Å². The zero-order valence-corrected chi connectivity index (χ0v) is 27.6. The van der Waals surface area contributed by atoms with Gasteiger partial charge in [0.1, 0.15) is 23.4 Å². The van der Waals surface area contributed by atoms with Crippen molar-refractivity contribution in [2.24, 2.45) is 12.5 Å². The Bertz CT molecular complexity index is 2090. The van der Waals surface area contributed by atoms with Gasteiger partial charge in [0.2, 0.25) is 0 Å². The Hall–Kier alpha value is -5.26. The number of carbonyl (C=O) groups excluding carboxylic acids is 1. The summed E-state index contributed by atoms with van der Waals surface area (Å²) in [5.41, 5.74) is -1.03. The third-order valence-electron chi connectivity index (χ3n) is 9.84. The van der Waals surface area contributed by atoms with E-state index in [1.54, 1.807) is 7.05 Å². The summed E-state index contributed by atoms with van der Waals surface area (Å²) in [7, 11) is 1.64. The van der Waals surface area contributed by atoms with Gasteiger partial charge in [-0.3, -0.25) is 9.69 Å². The minimum atomic E-state index is -4.74. The molecule has 0 atom stereocenters. The topological polar surface area (TPSA) is 103 Å². The molecule has 51 heavy (non-hydrogen) atoms. The molecule has 3 aliphatic rings. The quantitative estimate of drug-likeness (QED) is 0.109. The van der Waals surface area contributed by atoms with Crippen LogP contribution in [0.5, 0.6) is 0 Å². The van der Waals surface area contributed by atoms with Crippen molar-refractivity contribution in [1.82, 2.24) is 19.7 Å². The number of halogens is 6. The molecule has 15 heteroatoms. The van der Waals surface area contributed by atoms with Crippen LogP contribution in [0.25, 0.3) is 22.5 Å². The van der Waals surface area contributed by atoms with E-state index in [-0.39, 0.29) is 64.6 Å². The molecule has 9 nitrogen and oxygen atoms in total. The highest BCUT2D eigenvalue weighted by Crippen LogP contribution is 2.44. The summed E-state index contributed by atoms with van der Waals surface area (Å²) in [5.74, 6) is -0.316. The van der Waals surface area contributed by atoms with Crippen molar-refractivity contribution >= 4 is 23.8 Å². The molecule has 1 fully saturated rings. The highest BCUT2D eigenvalue weighted by atomic mass is 19.4. The maximum atomic E-state index is 14.5. The number of pyridine rings is 1. The number of unbranched alkanes of at least 4 members (excludes halogenated alkanes) is 1. The van der Waals surface area contributed by atoms with Crippen molar-refractivity contribution in [2.75, 3.05) is 23.3 Å². The van der Waals surface area contributed by atoms with E-state index in [0.717, 1.165) is 55.3 Å². The molecule has 1 spiro atoms. The van der Waals surface area contributed by atoms with E-state index in [2.05, 4.69) is 26.7 Å². The third kappa shape index (κ3) is 6.66. The van der Waals surface area contributed by atoms with Crippen LogP contribution in [0, 0.1) is 16.7 Å². The first kappa shape index (κ1) is 34.2.